The van der Waals surface area contributed by atoms with E-state index in [0.29, 0.717) is 5.56 Å². The quantitative estimate of drug-likeness (QED) is 0.366. The molecule has 2 aromatic carbocycles. The molecule has 0 aromatic heterocycles. The van der Waals surface area contributed by atoms with Gasteiger partial charge in [-0.3, -0.25) is 10.1 Å². The van der Waals surface area contributed by atoms with Crippen molar-refractivity contribution in [2.45, 2.75) is 6.92 Å². The molecule has 6 nitrogen and oxygen atoms in total. The molecule has 0 aliphatic carbocycles. The van der Waals surface area contributed by atoms with Gasteiger partial charge in [-0.15, -0.1) is 0 Å². The highest BCUT2D eigenvalue weighted by Crippen LogP contribution is 2.27. The lowest BCUT2D eigenvalue weighted by molar-refractivity contribution is -0.384. The van der Waals surface area contributed by atoms with Gasteiger partial charge in [0, 0.05) is 12.1 Å². The standard InChI is InChI=1S/C17H11ClN2O4/c1-10-2-4-11(5-3-10)8-15-17(21)24-16(19-15)13-7-6-12(20(22)23)9-14(13)18/h2-9H,1H3/b15-8-. The van der Waals surface area contributed by atoms with E-state index in [4.69, 9.17) is 16.3 Å². The molecule has 0 unspecified atom stereocenters. The van der Waals surface area contributed by atoms with Gasteiger partial charge in [0.1, 0.15) is 0 Å². The number of rotatable bonds is 3. The lowest BCUT2D eigenvalue weighted by Gasteiger charge is -2.02. The third kappa shape index (κ3) is 3.18. The number of ether oxygens (including phenoxy) is 1. The zero-order chi connectivity index (χ0) is 17.3. The van der Waals surface area contributed by atoms with Crippen molar-refractivity contribution < 1.29 is 14.5 Å². The molecule has 0 saturated heterocycles. The van der Waals surface area contributed by atoms with Crippen molar-refractivity contribution >= 4 is 35.2 Å². The number of benzene rings is 2. The Balaban J connectivity index is 1.94. The van der Waals surface area contributed by atoms with Crippen molar-refractivity contribution in [3.05, 3.63) is 80.0 Å². The maximum atomic E-state index is 12.0. The summed E-state index contributed by atoms with van der Waals surface area (Å²) in [5.41, 5.74) is 2.23. The molecule has 0 radical (unpaired) electrons. The van der Waals surface area contributed by atoms with Gasteiger partial charge >= 0.3 is 5.97 Å². The number of hydrogen-bond acceptors (Lipinski definition) is 5. The highest BCUT2D eigenvalue weighted by atomic mass is 35.5. The first kappa shape index (κ1) is 15.9. The van der Waals surface area contributed by atoms with Crippen LogP contribution in [0.3, 0.4) is 0 Å². The van der Waals surface area contributed by atoms with Crippen LogP contribution in [0.2, 0.25) is 5.02 Å². The van der Waals surface area contributed by atoms with Crippen LogP contribution in [-0.2, 0) is 9.53 Å². The Morgan fingerprint density at radius 2 is 1.92 bits per heavy atom. The SMILES string of the molecule is Cc1ccc(/C=C2\N=C(c3ccc([N+](=O)[O-])cc3Cl)OC2=O)cc1. The largest absolute Gasteiger partial charge is 0.402 e. The van der Waals surface area contributed by atoms with Gasteiger partial charge in [0.15, 0.2) is 5.70 Å². The molecule has 24 heavy (non-hydrogen) atoms. The van der Waals surface area contributed by atoms with E-state index in [2.05, 4.69) is 4.99 Å². The minimum absolute atomic E-state index is 0.0262. The van der Waals surface area contributed by atoms with Gasteiger partial charge in [-0.2, -0.15) is 0 Å². The van der Waals surface area contributed by atoms with Crippen LogP contribution in [0.4, 0.5) is 5.69 Å². The lowest BCUT2D eigenvalue weighted by atomic mass is 10.1. The molecule has 0 bridgehead atoms. The predicted molar refractivity (Wildman–Crippen MR) is 89.9 cm³/mol. The average Bonchev–Trinajstić information content (AvgIpc) is 2.90. The van der Waals surface area contributed by atoms with E-state index in [1.807, 2.05) is 31.2 Å². The Hall–Kier alpha value is -2.99. The van der Waals surface area contributed by atoms with Crippen LogP contribution < -0.4 is 0 Å². The molecule has 0 atom stereocenters. The molecular weight excluding hydrogens is 332 g/mol. The van der Waals surface area contributed by atoms with E-state index in [0.717, 1.165) is 11.1 Å². The molecule has 7 heteroatoms. The van der Waals surface area contributed by atoms with Crippen molar-refractivity contribution in [3.63, 3.8) is 0 Å². The van der Waals surface area contributed by atoms with Gasteiger partial charge in [-0.05, 0) is 24.6 Å². The Kier molecular flexibility index (Phi) is 4.14. The van der Waals surface area contributed by atoms with Crippen LogP contribution in [0.15, 0.2) is 53.2 Å². The maximum absolute atomic E-state index is 12.0. The number of nitro groups is 1. The molecule has 120 valence electrons. The Bertz CT molecular complexity index is 901. The number of aryl methyl sites for hydroxylation is 1. The van der Waals surface area contributed by atoms with Gasteiger partial charge < -0.3 is 4.74 Å². The Labute approximate surface area is 142 Å². The second-order valence-corrected chi connectivity index (χ2v) is 5.58. The molecule has 3 rings (SSSR count). The van der Waals surface area contributed by atoms with E-state index in [1.165, 1.54) is 18.2 Å². The van der Waals surface area contributed by atoms with Crippen molar-refractivity contribution in [1.29, 1.82) is 0 Å². The number of nitrogens with zero attached hydrogens (tertiary/aromatic N) is 2. The minimum Gasteiger partial charge on any atom is -0.402 e. The van der Waals surface area contributed by atoms with E-state index in [1.54, 1.807) is 6.08 Å². The number of halogens is 1. The van der Waals surface area contributed by atoms with Gasteiger partial charge in [-0.25, -0.2) is 9.79 Å². The highest BCUT2D eigenvalue weighted by molar-refractivity contribution is 6.34. The zero-order valence-corrected chi connectivity index (χ0v) is 13.3. The van der Waals surface area contributed by atoms with Crippen LogP contribution in [0.5, 0.6) is 0 Å². The van der Waals surface area contributed by atoms with E-state index in [-0.39, 0.29) is 22.3 Å². The van der Waals surface area contributed by atoms with Gasteiger partial charge in [0.2, 0.25) is 5.90 Å². The molecule has 0 fully saturated rings. The fourth-order valence-electron chi connectivity index (χ4n) is 2.14. The first-order valence-electron chi connectivity index (χ1n) is 6.97. The fraction of sp³-hybridized carbons (Fsp3) is 0.0588. The number of carbonyl (C=O) groups is 1. The molecule has 0 N–H and O–H groups in total. The van der Waals surface area contributed by atoms with Crippen molar-refractivity contribution in [1.82, 2.24) is 0 Å². The van der Waals surface area contributed by atoms with Crippen LogP contribution in [0, 0.1) is 17.0 Å². The summed E-state index contributed by atoms with van der Waals surface area (Å²) in [6.45, 7) is 1.97. The first-order chi connectivity index (χ1) is 11.4. The van der Waals surface area contributed by atoms with Gasteiger partial charge in [0.25, 0.3) is 5.69 Å². The number of carbonyl (C=O) groups excluding carboxylic acids is 1. The third-order valence-corrected chi connectivity index (χ3v) is 3.71. The third-order valence-electron chi connectivity index (χ3n) is 3.40. The van der Waals surface area contributed by atoms with Crippen molar-refractivity contribution in [2.75, 3.05) is 0 Å². The maximum Gasteiger partial charge on any atom is 0.363 e. The molecule has 1 aliphatic heterocycles. The average molecular weight is 343 g/mol. The summed E-state index contributed by atoms with van der Waals surface area (Å²) >= 11 is 6.03. The second-order valence-electron chi connectivity index (χ2n) is 5.17. The summed E-state index contributed by atoms with van der Waals surface area (Å²) in [6, 6.07) is 11.4. The van der Waals surface area contributed by atoms with Crippen LogP contribution in [0.1, 0.15) is 16.7 Å². The smallest absolute Gasteiger partial charge is 0.363 e. The molecular formula is C17H11ClN2O4. The second kappa shape index (κ2) is 6.25. The Morgan fingerprint density at radius 3 is 2.54 bits per heavy atom. The fourth-order valence-corrected chi connectivity index (χ4v) is 2.39. The molecule has 1 aliphatic rings. The zero-order valence-electron chi connectivity index (χ0n) is 12.5. The molecule has 1 heterocycles. The van der Waals surface area contributed by atoms with Crippen LogP contribution in [-0.4, -0.2) is 16.8 Å². The van der Waals surface area contributed by atoms with Gasteiger partial charge in [-0.1, -0.05) is 41.4 Å². The Morgan fingerprint density at radius 1 is 1.21 bits per heavy atom. The number of non-ortho nitro benzene ring substituents is 1. The predicted octanol–water partition coefficient (Wildman–Crippen LogP) is 3.90. The number of aliphatic imine (C=N–C) groups is 1. The van der Waals surface area contributed by atoms with E-state index >= 15 is 0 Å². The summed E-state index contributed by atoms with van der Waals surface area (Å²) in [6.07, 6.45) is 1.61. The summed E-state index contributed by atoms with van der Waals surface area (Å²) in [7, 11) is 0. The molecule has 2 aromatic rings. The van der Waals surface area contributed by atoms with Crippen LogP contribution >= 0.6 is 11.6 Å². The van der Waals surface area contributed by atoms with Crippen molar-refractivity contribution in [3.8, 4) is 0 Å². The molecule has 0 saturated carbocycles. The topological polar surface area (TPSA) is 81.8 Å². The van der Waals surface area contributed by atoms with Gasteiger partial charge in [0.05, 0.1) is 15.5 Å². The number of hydrogen-bond donors (Lipinski definition) is 0. The summed E-state index contributed by atoms with van der Waals surface area (Å²) < 4.78 is 5.13. The molecule has 0 amide bonds. The van der Waals surface area contributed by atoms with Crippen molar-refractivity contribution in [2.24, 2.45) is 4.99 Å². The number of nitro benzene ring substituents is 1. The number of esters is 1. The highest BCUT2D eigenvalue weighted by Gasteiger charge is 2.26. The first-order valence-corrected chi connectivity index (χ1v) is 7.35. The summed E-state index contributed by atoms with van der Waals surface area (Å²) in [4.78, 5) is 26.3. The lowest BCUT2D eigenvalue weighted by Crippen LogP contribution is -2.06. The normalized spacial score (nSPS) is 15.3. The van der Waals surface area contributed by atoms with Crippen LogP contribution in [0.25, 0.3) is 6.08 Å². The van der Waals surface area contributed by atoms with E-state index in [9.17, 15) is 14.9 Å². The number of cyclic esters (lactones) is 1. The summed E-state index contributed by atoms with van der Waals surface area (Å²) in [5.74, 6) is -0.571. The monoisotopic (exact) mass is 342 g/mol. The summed E-state index contributed by atoms with van der Waals surface area (Å²) in [5, 5.41) is 10.8. The van der Waals surface area contributed by atoms with E-state index < -0.39 is 10.9 Å². The molecule has 0 spiro atoms. The minimum atomic E-state index is -0.597.